The van der Waals surface area contributed by atoms with Crippen molar-refractivity contribution in [1.82, 2.24) is 0 Å². The number of allylic oxidation sites excluding steroid dienone is 4. The first-order valence-electron chi connectivity index (χ1n) is 11.9. The quantitative estimate of drug-likeness (QED) is 0.311. The Morgan fingerprint density at radius 3 is 2.12 bits per heavy atom. The Morgan fingerprint density at radius 1 is 0.719 bits per heavy atom. The lowest BCUT2D eigenvalue weighted by atomic mass is 10.00. The highest BCUT2D eigenvalue weighted by Gasteiger charge is 2.07. The van der Waals surface area contributed by atoms with Crippen LogP contribution in [0.25, 0.3) is 6.08 Å². The van der Waals surface area contributed by atoms with Crippen LogP contribution in [-0.2, 0) is 25.7 Å². The Morgan fingerprint density at radius 2 is 1.44 bits per heavy atom. The smallest absolute Gasteiger partial charge is 0.00513 e. The molecule has 0 radical (unpaired) electrons. The zero-order valence-electron chi connectivity index (χ0n) is 19.6. The first kappa shape index (κ1) is 24.0. The van der Waals surface area contributed by atoms with Gasteiger partial charge in [-0.25, -0.2) is 0 Å². The van der Waals surface area contributed by atoms with E-state index in [0.29, 0.717) is 0 Å². The van der Waals surface area contributed by atoms with Gasteiger partial charge < -0.3 is 0 Å². The van der Waals surface area contributed by atoms with E-state index in [1.54, 1.807) is 16.0 Å². The van der Waals surface area contributed by atoms with E-state index in [0.717, 1.165) is 12.8 Å². The predicted octanol–water partition coefficient (Wildman–Crippen LogP) is 9.02. The molecule has 0 unspecified atom stereocenters. The van der Waals surface area contributed by atoms with E-state index < -0.39 is 0 Å². The SMILES string of the molecule is C=Cc1ccccc1CCc1ccccc1.CCC1=CC=C(CCc2ccc(CC)s2)C1. The van der Waals surface area contributed by atoms with Gasteiger partial charge in [0.2, 0.25) is 0 Å². The standard InChI is InChI=1S/C16H16.C15H20S/c1-2-15-10-6-7-11-16(15)13-12-14-8-4-3-5-9-14;1-3-12-5-6-13(11-12)7-8-15-10-9-14(4-2)16-15/h2-11H,1,12-13H2;5-6,9-10H,3-4,7-8,11H2,1-2H3. The predicted molar refractivity (Wildman–Crippen MR) is 143 cm³/mol. The van der Waals surface area contributed by atoms with Gasteiger partial charge in [0, 0.05) is 9.75 Å². The van der Waals surface area contributed by atoms with Crippen LogP contribution in [0.4, 0.5) is 0 Å². The molecule has 166 valence electrons. The molecule has 1 aromatic heterocycles. The summed E-state index contributed by atoms with van der Waals surface area (Å²) < 4.78 is 0. The van der Waals surface area contributed by atoms with Crippen molar-refractivity contribution in [2.45, 2.75) is 58.8 Å². The van der Waals surface area contributed by atoms with Crippen LogP contribution in [0.2, 0.25) is 0 Å². The lowest BCUT2D eigenvalue weighted by molar-refractivity contribution is 0.899. The van der Waals surface area contributed by atoms with Crippen molar-refractivity contribution in [1.29, 1.82) is 0 Å². The lowest BCUT2D eigenvalue weighted by Gasteiger charge is -2.05. The molecule has 0 bridgehead atoms. The van der Waals surface area contributed by atoms with Gasteiger partial charge in [-0.3, -0.25) is 0 Å². The molecule has 0 saturated heterocycles. The van der Waals surface area contributed by atoms with E-state index in [9.17, 15) is 0 Å². The zero-order chi connectivity index (χ0) is 22.6. The summed E-state index contributed by atoms with van der Waals surface area (Å²) in [5.41, 5.74) is 7.22. The van der Waals surface area contributed by atoms with Gasteiger partial charge in [0.1, 0.15) is 0 Å². The number of rotatable bonds is 9. The van der Waals surface area contributed by atoms with Crippen molar-refractivity contribution >= 4 is 17.4 Å². The molecule has 0 nitrogen and oxygen atoms in total. The Bertz CT molecular complexity index is 1030. The molecule has 1 heteroatoms. The molecular weight excluding hydrogens is 404 g/mol. The average molecular weight is 441 g/mol. The normalized spacial score (nSPS) is 12.6. The van der Waals surface area contributed by atoms with Gasteiger partial charge in [-0.05, 0) is 73.8 Å². The Balaban J connectivity index is 0.000000181. The molecule has 0 aliphatic heterocycles. The molecule has 1 aliphatic carbocycles. The van der Waals surface area contributed by atoms with E-state index in [-0.39, 0.29) is 0 Å². The Hall–Kier alpha value is -2.64. The van der Waals surface area contributed by atoms with Gasteiger partial charge in [-0.15, -0.1) is 11.3 Å². The average Bonchev–Trinajstić information content (AvgIpc) is 3.52. The fourth-order valence-corrected chi connectivity index (χ4v) is 4.93. The summed E-state index contributed by atoms with van der Waals surface area (Å²) in [7, 11) is 0. The van der Waals surface area contributed by atoms with E-state index in [4.69, 9.17) is 0 Å². The van der Waals surface area contributed by atoms with E-state index in [1.165, 1.54) is 53.7 Å². The van der Waals surface area contributed by atoms with Crippen LogP contribution < -0.4 is 0 Å². The highest BCUT2D eigenvalue weighted by molar-refractivity contribution is 7.11. The molecule has 4 rings (SSSR count). The lowest BCUT2D eigenvalue weighted by Crippen LogP contribution is -1.93. The molecule has 2 aromatic carbocycles. The highest BCUT2D eigenvalue weighted by Crippen LogP contribution is 2.26. The maximum Gasteiger partial charge on any atom is 0.00513 e. The molecule has 0 amide bonds. The third-order valence-corrected chi connectivity index (χ3v) is 7.31. The largest absolute Gasteiger partial charge is 0.145 e. The van der Waals surface area contributed by atoms with Crippen LogP contribution in [0.15, 0.2) is 96.6 Å². The van der Waals surface area contributed by atoms with Crippen LogP contribution in [0, 0.1) is 0 Å². The molecule has 0 saturated carbocycles. The van der Waals surface area contributed by atoms with Gasteiger partial charge in [-0.1, -0.05) is 104 Å². The van der Waals surface area contributed by atoms with Gasteiger partial charge in [0.15, 0.2) is 0 Å². The van der Waals surface area contributed by atoms with Crippen LogP contribution in [0.3, 0.4) is 0 Å². The van der Waals surface area contributed by atoms with Crippen molar-refractivity contribution < 1.29 is 0 Å². The minimum absolute atomic E-state index is 1.08. The molecule has 0 N–H and O–H groups in total. The van der Waals surface area contributed by atoms with Gasteiger partial charge >= 0.3 is 0 Å². The summed E-state index contributed by atoms with van der Waals surface area (Å²) in [5.74, 6) is 0. The summed E-state index contributed by atoms with van der Waals surface area (Å²) in [6.07, 6.45) is 14.8. The van der Waals surface area contributed by atoms with E-state index in [1.807, 2.05) is 17.4 Å². The fraction of sp³-hybridized carbons (Fsp3) is 0.290. The summed E-state index contributed by atoms with van der Waals surface area (Å²) >= 11 is 1.98. The topological polar surface area (TPSA) is 0 Å². The number of benzene rings is 2. The van der Waals surface area contributed by atoms with Crippen molar-refractivity contribution in [3.63, 3.8) is 0 Å². The summed E-state index contributed by atoms with van der Waals surface area (Å²) in [6, 6.07) is 23.6. The number of thiophene rings is 1. The first-order valence-corrected chi connectivity index (χ1v) is 12.7. The van der Waals surface area contributed by atoms with Crippen LogP contribution in [-0.4, -0.2) is 0 Å². The molecular formula is C31H36S. The summed E-state index contributed by atoms with van der Waals surface area (Å²) in [5, 5.41) is 0. The minimum atomic E-state index is 1.08. The Labute approximate surface area is 199 Å². The Kier molecular flexibility index (Phi) is 9.78. The molecule has 3 aromatic rings. The number of hydrogen-bond donors (Lipinski definition) is 0. The second-order valence-electron chi connectivity index (χ2n) is 8.29. The van der Waals surface area contributed by atoms with E-state index in [2.05, 4.69) is 99.3 Å². The summed E-state index contributed by atoms with van der Waals surface area (Å²) in [4.78, 5) is 3.06. The number of aryl methyl sites for hydroxylation is 4. The number of hydrogen-bond acceptors (Lipinski definition) is 1. The second kappa shape index (κ2) is 13.0. The highest BCUT2D eigenvalue weighted by atomic mass is 32.1. The van der Waals surface area contributed by atoms with Crippen LogP contribution >= 0.6 is 11.3 Å². The van der Waals surface area contributed by atoms with Crippen molar-refractivity contribution in [2.75, 3.05) is 0 Å². The molecule has 0 spiro atoms. The van der Waals surface area contributed by atoms with Crippen LogP contribution in [0.5, 0.6) is 0 Å². The zero-order valence-corrected chi connectivity index (χ0v) is 20.5. The molecule has 0 fully saturated rings. The van der Waals surface area contributed by atoms with Gasteiger partial charge in [-0.2, -0.15) is 0 Å². The van der Waals surface area contributed by atoms with Gasteiger partial charge in [0.05, 0.1) is 0 Å². The maximum absolute atomic E-state index is 3.85. The minimum Gasteiger partial charge on any atom is -0.145 e. The van der Waals surface area contributed by atoms with Crippen molar-refractivity contribution in [2.24, 2.45) is 0 Å². The first-order chi connectivity index (χ1) is 15.7. The summed E-state index contributed by atoms with van der Waals surface area (Å²) in [6.45, 7) is 8.32. The van der Waals surface area contributed by atoms with Gasteiger partial charge in [0.25, 0.3) is 0 Å². The third kappa shape index (κ3) is 7.50. The fourth-order valence-electron chi connectivity index (χ4n) is 3.97. The monoisotopic (exact) mass is 440 g/mol. The molecule has 32 heavy (non-hydrogen) atoms. The van der Waals surface area contributed by atoms with Crippen LogP contribution in [0.1, 0.15) is 59.6 Å². The molecule has 1 heterocycles. The van der Waals surface area contributed by atoms with E-state index >= 15 is 0 Å². The van der Waals surface area contributed by atoms with Crippen molar-refractivity contribution in [3.8, 4) is 0 Å². The second-order valence-corrected chi connectivity index (χ2v) is 9.54. The maximum atomic E-state index is 3.85. The third-order valence-electron chi connectivity index (χ3n) is 6.02. The molecule has 1 aliphatic rings. The van der Waals surface area contributed by atoms with Crippen molar-refractivity contribution in [3.05, 3.63) is 123 Å². The molecule has 0 atom stereocenters.